The van der Waals surface area contributed by atoms with Crippen LogP contribution in [0.4, 0.5) is 5.69 Å². The molecule has 0 aliphatic carbocycles. The van der Waals surface area contributed by atoms with Crippen molar-refractivity contribution >= 4 is 11.7 Å². The number of carbonyl (C=O) groups is 1. The number of esters is 1. The van der Waals surface area contributed by atoms with Crippen molar-refractivity contribution in [2.45, 2.75) is 20.0 Å². The van der Waals surface area contributed by atoms with Crippen LogP contribution < -0.4 is 10.5 Å². The number of nitrogens with zero attached hydrogens (tertiary/aromatic N) is 2. The molecular weight excluding hydrogens is 270 g/mol. The maximum absolute atomic E-state index is 11.7. The van der Waals surface area contributed by atoms with Crippen LogP contribution in [0.2, 0.25) is 0 Å². The molecule has 112 valence electrons. The lowest BCUT2D eigenvalue weighted by atomic mass is 10.2. The van der Waals surface area contributed by atoms with E-state index in [1.165, 1.54) is 7.11 Å². The first-order valence-corrected chi connectivity index (χ1v) is 6.67. The number of aromatic nitrogens is 2. The van der Waals surface area contributed by atoms with E-state index in [9.17, 15) is 4.79 Å². The molecule has 0 unspecified atom stereocenters. The van der Waals surface area contributed by atoms with Crippen LogP contribution in [-0.2, 0) is 24.8 Å². The van der Waals surface area contributed by atoms with Gasteiger partial charge in [0.05, 0.1) is 18.5 Å². The first kappa shape index (κ1) is 14.9. The number of carbonyl (C=O) groups excluding carboxylic acids is 1. The summed E-state index contributed by atoms with van der Waals surface area (Å²) in [4.78, 5) is 11.7. The van der Waals surface area contributed by atoms with Crippen LogP contribution in [0.5, 0.6) is 5.75 Å². The average molecular weight is 289 g/mol. The van der Waals surface area contributed by atoms with Gasteiger partial charge in [0.1, 0.15) is 17.9 Å². The van der Waals surface area contributed by atoms with Gasteiger partial charge >= 0.3 is 5.97 Å². The first-order valence-electron chi connectivity index (χ1n) is 6.67. The summed E-state index contributed by atoms with van der Waals surface area (Å²) in [7, 11) is 3.19. The van der Waals surface area contributed by atoms with E-state index in [0.29, 0.717) is 23.6 Å². The molecule has 6 heteroatoms. The molecule has 2 N–H and O–H groups in total. The first-order chi connectivity index (χ1) is 10.0. The third kappa shape index (κ3) is 3.34. The van der Waals surface area contributed by atoms with Crippen molar-refractivity contribution in [2.24, 2.45) is 7.05 Å². The van der Waals surface area contributed by atoms with Gasteiger partial charge in [0, 0.05) is 12.7 Å². The summed E-state index contributed by atoms with van der Waals surface area (Å²) in [5.74, 6) is -0.0353. The molecule has 0 fully saturated rings. The maximum atomic E-state index is 11.7. The lowest BCUT2D eigenvalue weighted by molar-refractivity contribution is 0.0595. The van der Waals surface area contributed by atoms with Crippen LogP contribution >= 0.6 is 0 Å². The molecule has 0 atom stereocenters. The molecule has 0 amide bonds. The van der Waals surface area contributed by atoms with Crippen molar-refractivity contribution in [3.8, 4) is 5.75 Å². The van der Waals surface area contributed by atoms with Gasteiger partial charge in [0.25, 0.3) is 0 Å². The summed E-state index contributed by atoms with van der Waals surface area (Å²) in [5, 5.41) is 4.35. The van der Waals surface area contributed by atoms with E-state index in [1.54, 1.807) is 22.9 Å². The topological polar surface area (TPSA) is 79.4 Å². The highest BCUT2D eigenvalue weighted by Gasteiger charge is 2.14. The Morgan fingerprint density at radius 1 is 1.38 bits per heavy atom. The molecule has 0 saturated carbocycles. The van der Waals surface area contributed by atoms with Crippen molar-refractivity contribution in [3.05, 3.63) is 41.2 Å². The maximum Gasteiger partial charge on any atom is 0.341 e. The number of ether oxygens (including phenoxy) is 2. The number of methoxy groups -OCH3 is 1. The van der Waals surface area contributed by atoms with Gasteiger partial charge < -0.3 is 15.2 Å². The van der Waals surface area contributed by atoms with E-state index in [1.807, 2.05) is 20.0 Å². The van der Waals surface area contributed by atoms with E-state index >= 15 is 0 Å². The fraction of sp³-hybridized carbons (Fsp3) is 0.333. The number of hydrogen-bond acceptors (Lipinski definition) is 5. The molecule has 1 aromatic heterocycles. The molecule has 0 bridgehead atoms. The molecule has 0 aliphatic heterocycles. The van der Waals surface area contributed by atoms with Gasteiger partial charge in [-0.25, -0.2) is 4.79 Å². The Morgan fingerprint density at radius 2 is 2.14 bits per heavy atom. The summed E-state index contributed by atoms with van der Waals surface area (Å²) in [6, 6.07) is 6.87. The zero-order valence-electron chi connectivity index (χ0n) is 12.4. The molecule has 0 saturated heterocycles. The molecule has 21 heavy (non-hydrogen) atoms. The summed E-state index contributed by atoms with van der Waals surface area (Å²) >= 11 is 0. The normalized spacial score (nSPS) is 10.4. The van der Waals surface area contributed by atoms with Gasteiger partial charge in [-0.3, -0.25) is 4.68 Å². The summed E-state index contributed by atoms with van der Waals surface area (Å²) in [5.41, 5.74) is 8.42. The summed E-state index contributed by atoms with van der Waals surface area (Å²) in [6.07, 6.45) is 0.864. The molecule has 2 rings (SSSR count). The number of nitrogen functional groups attached to an aromatic ring is 1. The van der Waals surface area contributed by atoms with Gasteiger partial charge in [0.15, 0.2) is 0 Å². The quantitative estimate of drug-likeness (QED) is 0.672. The van der Waals surface area contributed by atoms with Crippen molar-refractivity contribution < 1.29 is 14.3 Å². The highest BCUT2D eigenvalue weighted by atomic mass is 16.5. The van der Waals surface area contributed by atoms with E-state index in [4.69, 9.17) is 15.2 Å². The molecule has 6 nitrogen and oxygen atoms in total. The predicted octanol–water partition coefficient (Wildman–Crippen LogP) is 1.93. The van der Waals surface area contributed by atoms with Gasteiger partial charge in [-0.15, -0.1) is 0 Å². The second-order valence-electron chi connectivity index (χ2n) is 4.64. The number of benzene rings is 1. The zero-order valence-corrected chi connectivity index (χ0v) is 12.4. The van der Waals surface area contributed by atoms with E-state index in [-0.39, 0.29) is 0 Å². The van der Waals surface area contributed by atoms with E-state index < -0.39 is 5.97 Å². The highest BCUT2D eigenvalue weighted by Crippen LogP contribution is 2.23. The minimum atomic E-state index is -0.475. The van der Waals surface area contributed by atoms with Crippen LogP contribution in [0.25, 0.3) is 0 Å². The molecule has 0 spiro atoms. The van der Waals surface area contributed by atoms with E-state index in [2.05, 4.69) is 5.10 Å². The predicted molar refractivity (Wildman–Crippen MR) is 79.1 cm³/mol. The van der Waals surface area contributed by atoms with Crippen LogP contribution in [0.3, 0.4) is 0 Å². The fourth-order valence-corrected chi connectivity index (χ4v) is 1.97. The smallest absolute Gasteiger partial charge is 0.341 e. The number of anilines is 1. The Hall–Kier alpha value is -2.50. The molecule has 0 aliphatic rings. The van der Waals surface area contributed by atoms with Crippen LogP contribution in [-0.4, -0.2) is 22.9 Å². The molecule has 2 aromatic rings. The minimum absolute atomic E-state index is 0.315. The van der Waals surface area contributed by atoms with Gasteiger partial charge in [-0.05, 0) is 30.7 Å². The van der Waals surface area contributed by atoms with Crippen molar-refractivity contribution in [1.82, 2.24) is 9.78 Å². The Bertz CT molecular complexity index is 650. The average Bonchev–Trinajstić information content (AvgIpc) is 2.85. The second kappa shape index (κ2) is 6.30. The molecular formula is C15H19N3O3. The van der Waals surface area contributed by atoms with Crippen LogP contribution in [0.15, 0.2) is 24.3 Å². The zero-order chi connectivity index (χ0) is 15.4. The molecule has 1 heterocycles. The van der Waals surface area contributed by atoms with Gasteiger partial charge in [-0.2, -0.15) is 5.10 Å². The Kier molecular flexibility index (Phi) is 4.47. The largest absolute Gasteiger partial charge is 0.486 e. The Morgan fingerprint density at radius 3 is 2.76 bits per heavy atom. The lowest BCUT2D eigenvalue weighted by Gasteiger charge is -2.11. The number of aryl methyl sites for hydroxylation is 2. The van der Waals surface area contributed by atoms with Crippen molar-refractivity contribution in [3.63, 3.8) is 0 Å². The summed E-state index contributed by atoms with van der Waals surface area (Å²) in [6.45, 7) is 2.36. The lowest BCUT2D eigenvalue weighted by Crippen LogP contribution is -2.08. The highest BCUT2D eigenvalue weighted by molar-refractivity contribution is 5.93. The number of hydrogen-bond donors (Lipinski definition) is 1. The van der Waals surface area contributed by atoms with Crippen LogP contribution in [0.1, 0.15) is 28.7 Å². The van der Waals surface area contributed by atoms with E-state index in [0.717, 1.165) is 17.8 Å². The Balaban J connectivity index is 2.19. The van der Waals surface area contributed by atoms with Gasteiger partial charge in [0.2, 0.25) is 0 Å². The fourth-order valence-electron chi connectivity index (χ4n) is 1.97. The van der Waals surface area contributed by atoms with Crippen molar-refractivity contribution in [1.29, 1.82) is 0 Å². The third-order valence-electron chi connectivity index (χ3n) is 3.17. The molecule has 1 aromatic carbocycles. The van der Waals surface area contributed by atoms with Gasteiger partial charge in [-0.1, -0.05) is 6.92 Å². The Labute approximate surface area is 123 Å². The second-order valence-corrected chi connectivity index (χ2v) is 4.64. The number of nitrogens with two attached hydrogens (primary N) is 1. The number of rotatable bonds is 5. The standard InChI is InChI=1S/C15H19N3O3/c1-4-11-8-12(18(2)17-11)9-21-14-6-5-10(16)7-13(14)15(19)20-3/h5-8H,4,9,16H2,1-3H3. The van der Waals surface area contributed by atoms with Crippen LogP contribution in [0, 0.1) is 0 Å². The third-order valence-corrected chi connectivity index (χ3v) is 3.17. The SMILES string of the molecule is CCc1cc(COc2ccc(N)cc2C(=O)OC)n(C)n1. The van der Waals surface area contributed by atoms with Crippen molar-refractivity contribution in [2.75, 3.05) is 12.8 Å². The molecule has 0 radical (unpaired) electrons. The monoisotopic (exact) mass is 289 g/mol. The summed E-state index contributed by atoms with van der Waals surface area (Å²) < 4.78 is 12.2. The minimum Gasteiger partial charge on any atom is -0.486 e.